The largest absolute Gasteiger partial charge is 0.382 e. The van der Waals surface area contributed by atoms with Crippen LogP contribution in [0.25, 0.3) is 11.0 Å². The number of hydrogen-bond donors (Lipinski definition) is 1. The second kappa shape index (κ2) is 8.57. The van der Waals surface area contributed by atoms with Crippen molar-refractivity contribution in [3.8, 4) is 0 Å². The fourth-order valence-electron chi connectivity index (χ4n) is 3.46. The van der Waals surface area contributed by atoms with Crippen LogP contribution in [-0.4, -0.2) is 59.3 Å². The molecule has 0 spiro atoms. The number of aromatic nitrogens is 3. The summed E-state index contributed by atoms with van der Waals surface area (Å²) in [5.74, 6) is 2.21. The first-order valence-corrected chi connectivity index (χ1v) is 11.8. The van der Waals surface area contributed by atoms with Gasteiger partial charge in [-0.3, -0.25) is 0 Å². The van der Waals surface area contributed by atoms with Crippen LogP contribution in [0.1, 0.15) is 43.8 Å². The summed E-state index contributed by atoms with van der Waals surface area (Å²) in [6, 6.07) is 0. The second-order valence-corrected chi connectivity index (χ2v) is 10.9. The molecule has 162 valence electrons. The molecule has 0 amide bonds. The van der Waals surface area contributed by atoms with E-state index < -0.39 is 15.3 Å². The molecule has 2 N–H and O–H groups in total. The van der Waals surface area contributed by atoms with Crippen molar-refractivity contribution in [2.45, 2.75) is 58.8 Å². The zero-order valence-electron chi connectivity index (χ0n) is 18.1. The van der Waals surface area contributed by atoms with Crippen molar-refractivity contribution in [3.05, 3.63) is 17.1 Å². The van der Waals surface area contributed by atoms with Crippen molar-refractivity contribution in [1.29, 1.82) is 0 Å². The molecular weight excluding hydrogens is 390 g/mol. The van der Waals surface area contributed by atoms with Crippen LogP contribution in [-0.2, 0) is 27.7 Å². The van der Waals surface area contributed by atoms with Gasteiger partial charge < -0.3 is 15.0 Å². The van der Waals surface area contributed by atoms with Gasteiger partial charge in [0.2, 0.25) is 10.0 Å². The van der Waals surface area contributed by atoms with E-state index in [1.54, 1.807) is 20.9 Å². The highest BCUT2D eigenvalue weighted by Gasteiger charge is 2.26. The molecular formula is C20H33N5O3S. The molecule has 0 aliphatic heterocycles. The van der Waals surface area contributed by atoms with Crippen LogP contribution in [0.3, 0.4) is 0 Å². The van der Waals surface area contributed by atoms with Crippen LogP contribution < -0.4 is 5.73 Å². The molecule has 0 saturated heterocycles. The van der Waals surface area contributed by atoms with E-state index in [1.165, 1.54) is 17.1 Å². The molecule has 1 fully saturated rings. The topological polar surface area (TPSA) is 103 Å². The molecule has 29 heavy (non-hydrogen) atoms. The number of anilines is 1. The standard InChI is InChI=1S/C20H33N5O3S/c1-13(2)29(26,27)24(5)8-10-28-11-9-25-17(12-16-6-7-16)23-18-19(25)14(3)15(4)22-20(18)21/h13,16H,6-12H2,1-5H3,(H2,21,22). The minimum Gasteiger partial charge on any atom is -0.382 e. The summed E-state index contributed by atoms with van der Waals surface area (Å²) in [6.07, 6.45) is 3.45. The van der Waals surface area contributed by atoms with Crippen LogP contribution in [0.5, 0.6) is 0 Å². The van der Waals surface area contributed by atoms with Crippen LogP contribution in [0, 0.1) is 19.8 Å². The maximum Gasteiger partial charge on any atom is 0.216 e. The number of pyridine rings is 1. The molecule has 3 rings (SSSR count). The first kappa shape index (κ1) is 22.0. The Hall–Kier alpha value is -1.71. The summed E-state index contributed by atoms with van der Waals surface area (Å²) in [5.41, 5.74) is 9.96. The molecule has 2 aromatic rings. The van der Waals surface area contributed by atoms with E-state index in [1.807, 2.05) is 6.92 Å². The van der Waals surface area contributed by atoms with E-state index in [4.69, 9.17) is 15.5 Å². The predicted octanol–water partition coefficient (Wildman–Crippen LogP) is 2.27. The molecule has 1 saturated carbocycles. The van der Waals surface area contributed by atoms with Gasteiger partial charge in [-0.25, -0.2) is 22.7 Å². The van der Waals surface area contributed by atoms with Crippen molar-refractivity contribution in [2.75, 3.05) is 32.5 Å². The Morgan fingerprint density at radius 2 is 1.93 bits per heavy atom. The van der Waals surface area contributed by atoms with Crippen LogP contribution in [0.4, 0.5) is 5.82 Å². The van der Waals surface area contributed by atoms with E-state index >= 15 is 0 Å². The van der Waals surface area contributed by atoms with Crippen molar-refractivity contribution < 1.29 is 13.2 Å². The van der Waals surface area contributed by atoms with E-state index in [-0.39, 0.29) is 0 Å². The van der Waals surface area contributed by atoms with Gasteiger partial charge >= 0.3 is 0 Å². The second-order valence-electron chi connectivity index (χ2n) is 8.26. The number of sulfonamides is 1. The molecule has 0 radical (unpaired) electrons. The Kier molecular flexibility index (Phi) is 6.50. The predicted molar refractivity (Wildman–Crippen MR) is 115 cm³/mol. The summed E-state index contributed by atoms with van der Waals surface area (Å²) >= 11 is 0. The van der Waals surface area contributed by atoms with Crippen molar-refractivity contribution in [2.24, 2.45) is 5.92 Å². The third-order valence-corrected chi connectivity index (χ3v) is 7.93. The number of rotatable bonds is 10. The highest BCUT2D eigenvalue weighted by Crippen LogP contribution is 2.34. The number of nitrogens with two attached hydrogens (primary N) is 1. The highest BCUT2D eigenvalue weighted by molar-refractivity contribution is 7.89. The monoisotopic (exact) mass is 423 g/mol. The van der Waals surface area contributed by atoms with Gasteiger partial charge in [-0.1, -0.05) is 0 Å². The lowest BCUT2D eigenvalue weighted by molar-refractivity contribution is 0.119. The maximum absolute atomic E-state index is 12.1. The third kappa shape index (κ3) is 4.73. The van der Waals surface area contributed by atoms with Crippen molar-refractivity contribution in [3.63, 3.8) is 0 Å². The molecule has 9 heteroatoms. The summed E-state index contributed by atoms with van der Waals surface area (Å²) in [5, 5.41) is -0.430. The highest BCUT2D eigenvalue weighted by atomic mass is 32.2. The quantitative estimate of drug-likeness (QED) is 0.588. The van der Waals surface area contributed by atoms with Crippen LogP contribution in [0.15, 0.2) is 0 Å². The fraction of sp³-hybridized carbons (Fsp3) is 0.700. The Morgan fingerprint density at radius 1 is 1.24 bits per heavy atom. The van der Waals surface area contributed by atoms with Crippen molar-refractivity contribution in [1.82, 2.24) is 18.8 Å². The number of aryl methyl sites for hydroxylation is 2. The number of hydrogen-bond acceptors (Lipinski definition) is 6. The molecule has 0 atom stereocenters. The zero-order chi connectivity index (χ0) is 21.3. The molecule has 1 aliphatic carbocycles. The minimum absolute atomic E-state index is 0.342. The Morgan fingerprint density at radius 3 is 2.55 bits per heavy atom. The van der Waals surface area contributed by atoms with Gasteiger partial charge in [-0.2, -0.15) is 0 Å². The Balaban J connectivity index is 1.69. The third-order valence-electron chi connectivity index (χ3n) is 5.68. The first-order valence-electron chi connectivity index (χ1n) is 10.3. The number of imidazole rings is 1. The molecule has 2 aromatic heterocycles. The molecule has 0 unspecified atom stereocenters. The van der Waals surface area contributed by atoms with E-state index in [0.29, 0.717) is 38.0 Å². The van der Waals surface area contributed by atoms with Crippen LogP contribution in [0.2, 0.25) is 0 Å². The Labute approximate surface area is 173 Å². The number of ether oxygens (including phenoxy) is 1. The lowest BCUT2D eigenvalue weighted by Crippen LogP contribution is -2.35. The van der Waals surface area contributed by atoms with Gasteiger partial charge in [0.15, 0.2) is 5.82 Å². The molecule has 2 heterocycles. The summed E-state index contributed by atoms with van der Waals surface area (Å²) in [6.45, 7) is 9.22. The minimum atomic E-state index is -3.25. The van der Waals surface area contributed by atoms with E-state index in [2.05, 4.69) is 16.5 Å². The number of nitrogen functional groups attached to an aromatic ring is 1. The summed E-state index contributed by atoms with van der Waals surface area (Å²) in [4.78, 5) is 9.23. The van der Waals surface area contributed by atoms with E-state index in [9.17, 15) is 8.42 Å². The van der Waals surface area contributed by atoms with Gasteiger partial charge in [0, 0.05) is 32.3 Å². The SMILES string of the molecule is Cc1nc(N)c2nc(CC3CC3)n(CCOCCN(C)S(=O)(=O)C(C)C)c2c1C. The van der Waals surface area contributed by atoms with Gasteiger partial charge in [0.05, 0.1) is 24.0 Å². The lowest BCUT2D eigenvalue weighted by atomic mass is 10.2. The maximum atomic E-state index is 12.1. The normalized spacial score (nSPS) is 15.1. The zero-order valence-corrected chi connectivity index (χ0v) is 18.9. The molecule has 8 nitrogen and oxygen atoms in total. The van der Waals surface area contributed by atoms with Gasteiger partial charge in [-0.15, -0.1) is 0 Å². The first-order chi connectivity index (χ1) is 13.6. The smallest absolute Gasteiger partial charge is 0.216 e. The molecule has 0 aromatic carbocycles. The number of likely N-dealkylation sites (N-methyl/N-ethyl adjacent to an activating group) is 1. The fourth-order valence-corrected chi connectivity index (χ4v) is 4.51. The summed E-state index contributed by atoms with van der Waals surface area (Å²) in [7, 11) is -1.65. The number of fused-ring (bicyclic) bond motifs is 1. The molecule has 1 aliphatic rings. The van der Waals surface area contributed by atoms with Gasteiger partial charge in [0.25, 0.3) is 0 Å². The average molecular weight is 424 g/mol. The van der Waals surface area contributed by atoms with Gasteiger partial charge in [-0.05, 0) is 52.0 Å². The average Bonchev–Trinajstić information content (AvgIpc) is 3.39. The number of nitrogens with zero attached hydrogens (tertiary/aromatic N) is 4. The lowest BCUT2D eigenvalue weighted by Gasteiger charge is -2.19. The van der Waals surface area contributed by atoms with E-state index in [0.717, 1.165) is 34.5 Å². The Bertz CT molecular complexity index is 980. The molecule has 0 bridgehead atoms. The van der Waals surface area contributed by atoms with Gasteiger partial charge in [0.1, 0.15) is 11.3 Å². The summed E-state index contributed by atoms with van der Waals surface area (Å²) < 4.78 is 33.6. The van der Waals surface area contributed by atoms with Crippen LogP contribution >= 0.6 is 0 Å². The van der Waals surface area contributed by atoms with Crippen molar-refractivity contribution >= 4 is 26.9 Å².